The average molecular weight is 294 g/mol. The maximum atomic E-state index is 12.8. The van der Waals surface area contributed by atoms with E-state index in [1.54, 1.807) is 0 Å². The zero-order valence-corrected chi connectivity index (χ0v) is 13.1. The molecule has 1 unspecified atom stereocenters. The number of benzene rings is 1. The number of nitrogens with zero attached hydrogens (tertiary/aromatic N) is 1. The Labute approximate surface area is 131 Å². The van der Waals surface area contributed by atoms with Gasteiger partial charge in [0.05, 0.1) is 6.04 Å². The molecule has 0 fully saturated rings. The van der Waals surface area contributed by atoms with Crippen LogP contribution in [0.2, 0.25) is 0 Å². The summed E-state index contributed by atoms with van der Waals surface area (Å²) in [5.41, 5.74) is 4.76. The van der Waals surface area contributed by atoms with E-state index >= 15 is 0 Å². The number of rotatable bonds is 2. The summed E-state index contributed by atoms with van der Waals surface area (Å²) in [6.07, 6.45) is 10.1. The van der Waals surface area contributed by atoms with Crippen molar-refractivity contribution in [2.75, 3.05) is 6.54 Å². The molecule has 2 aromatic rings. The Morgan fingerprint density at radius 3 is 3.05 bits per heavy atom. The molecular weight excluding hydrogens is 272 g/mol. The third-order valence-electron chi connectivity index (χ3n) is 5.08. The van der Waals surface area contributed by atoms with Crippen molar-refractivity contribution in [3.8, 4) is 0 Å². The molecule has 114 valence electrons. The molecule has 1 amide bonds. The van der Waals surface area contributed by atoms with Crippen molar-refractivity contribution >= 4 is 16.8 Å². The van der Waals surface area contributed by atoms with Gasteiger partial charge in [-0.05, 0) is 49.8 Å². The van der Waals surface area contributed by atoms with E-state index in [1.807, 2.05) is 17.0 Å². The predicted molar refractivity (Wildman–Crippen MR) is 89.2 cm³/mol. The maximum Gasteiger partial charge on any atom is 0.254 e. The molecule has 0 bridgehead atoms. The van der Waals surface area contributed by atoms with E-state index in [9.17, 15) is 4.79 Å². The van der Waals surface area contributed by atoms with Crippen molar-refractivity contribution in [1.29, 1.82) is 0 Å². The van der Waals surface area contributed by atoms with Crippen LogP contribution in [0.4, 0.5) is 0 Å². The first-order valence-electron chi connectivity index (χ1n) is 8.39. The topological polar surface area (TPSA) is 36.1 Å². The molecule has 4 rings (SSSR count). The lowest BCUT2D eigenvalue weighted by molar-refractivity contribution is 0.0748. The van der Waals surface area contributed by atoms with Crippen molar-refractivity contribution in [3.63, 3.8) is 0 Å². The van der Waals surface area contributed by atoms with Gasteiger partial charge in [-0.25, -0.2) is 0 Å². The maximum absolute atomic E-state index is 12.8. The second-order valence-corrected chi connectivity index (χ2v) is 6.41. The number of hydrogen-bond donors (Lipinski definition) is 1. The lowest BCUT2D eigenvalue weighted by Gasteiger charge is -2.23. The van der Waals surface area contributed by atoms with Gasteiger partial charge in [0.15, 0.2) is 0 Å². The second-order valence-electron chi connectivity index (χ2n) is 6.41. The number of aromatic nitrogens is 1. The van der Waals surface area contributed by atoms with E-state index in [0.717, 1.165) is 36.9 Å². The summed E-state index contributed by atoms with van der Waals surface area (Å²) in [7, 11) is 0. The predicted octanol–water partition coefficient (Wildman–Crippen LogP) is 3.84. The Bertz CT molecular complexity index is 756. The molecule has 3 heteroatoms. The van der Waals surface area contributed by atoms with Crippen LogP contribution in [0.15, 0.2) is 30.4 Å². The number of aryl methyl sites for hydroxylation is 2. The first kappa shape index (κ1) is 13.6. The van der Waals surface area contributed by atoms with Crippen molar-refractivity contribution in [3.05, 3.63) is 47.2 Å². The van der Waals surface area contributed by atoms with Gasteiger partial charge in [0.1, 0.15) is 0 Å². The Morgan fingerprint density at radius 2 is 2.18 bits per heavy atom. The van der Waals surface area contributed by atoms with Gasteiger partial charge < -0.3 is 9.88 Å². The second kappa shape index (κ2) is 5.31. The number of carbonyl (C=O) groups excluding carboxylic acids is 1. The number of hydrogen-bond acceptors (Lipinski definition) is 1. The molecule has 1 aromatic carbocycles. The molecule has 1 aliphatic heterocycles. The van der Waals surface area contributed by atoms with Crippen LogP contribution in [0.1, 0.15) is 47.8 Å². The number of carbonyl (C=O) groups is 1. The number of H-pyrrole nitrogens is 1. The minimum Gasteiger partial charge on any atom is -0.358 e. The van der Waals surface area contributed by atoms with Crippen LogP contribution >= 0.6 is 0 Å². The summed E-state index contributed by atoms with van der Waals surface area (Å²) >= 11 is 0. The first-order valence-corrected chi connectivity index (χ1v) is 8.39. The molecule has 1 N–H and O–H groups in total. The van der Waals surface area contributed by atoms with Gasteiger partial charge in [-0.2, -0.15) is 0 Å². The minimum absolute atomic E-state index is 0.145. The van der Waals surface area contributed by atoms with E-state index in [1.165, 1.54) is 29.5 Å². The monoisotopic (exact) mass is 294 g/mol. The summed E-state index contributed by atoms with van der Waals surface area (Å²) in [5, 5.41) is 1.30. The van der Waals surface area contributed by atoms with Crippen molar-refractivity contribution < 1.29 is 4.79 Å². The summed E-state index contributed by atoms with van der Waals surface area (Å²) in [4.78, 5) is 18.3. The van der Waals surface area contributed by atoms with E-state index in [4.69, 9.17) is 0 Å². The molecule has 0 saturated carbocycles. The fourth-order valence-electron chi connectivity index (χ4n) is 3.87. The van der Waals surface area contributed by atoms with Crippen LogP contribution < -0.4 is 0 Å². The zero-order chi connectivity index (χ0) is 15.1. The largest absolute Gasteiger partial charge is 0.358 e. The highest BCUT2D eigenvalue weighted by Gasteiger charge is 2.25. The highest BCUT2D eigenvalue weighted by Crippen LogP contribution is 2.30. The summed E-state index contributed by atoms with van der Waals surface area (Å²) < 4.78 is 0. The zero-order valence-electron chi connectivity index (χ0n) is 13.1. The van der Waals surface area contributed by atoms with E-state index in [0.29, 0.717) is 0 Å². The number of aromatic amines is 1. The minimum atomic E-state index is 0.145. The van der Waals surface area contributed by atoms with Gasteiger partial charge in [0, 0.05) is 28.7 Å². The Kier molecular flexibility index (Phi) is 3.29. The van der Waals surface area contributed by atoms with Crippen LogP contribution in [0.3, 0.4) is 0 Å². The van der Waals surface area contributed by atoms with Gasteiger partial charge >= 0.3 is 0 Å². The standard InChI is InChI=1S/C19H22N2O/c1-2-14-6-5-11-21(14)19(22)13-9-10-16-15-7-3-4-8-17(15)20-18(16)12-13/h5-6,9-10,12,14,20H,2-4,7-8,11H2,1H3. The van der Waals surface area contributed by atoms with Crippen LogP contribution in [-0.2, 0) is 12.8 Å². The molecule has 22 heavy (non-hydrogen) atoms. The molecule has 1 aromatic heterocycles. The molecule has 1 atom stereocenters. The van der Waals surface area contributed by atoms with Crippen molar-refractivity contribution in [2.45, 2.75) is 45.1 Å². The molecule has 2 heterocycles. The quantitative estimate of drug-likeness (QED) is 0.839. The fraction of sp³-hybridized carbons (Fsp3) is 0.421. The molecule has 0 spiro atoms. The Balaban J connectivity index is 1.69. The fourth-order valence-corrected chi connectivity index (χ4v) is 3.87. The van der Waals surface area contributed by atoms with E-state index < -0.39 is 0 Å². The Morgan fingerprint density at radius 1 is 1.32 bits per heavy atom. The molecule has 0 saturated heterocycles. The third kappa shape index (κ3) is 2.07. The molecule has 2 aliphatic rings. The number of amides is 1. The molecule has 0 radical (unpaired) electrons. The lowest BCUT2D eigenvalue weighted by Crippen LogP contribution is -2.35. The Hall–Kier alpha value is -2.03. The number of fused-ring (bicyclic) bond motifs is 3. The highest BCUT2D eigenvalue weighted by molar-refractivity contribution is 5.99. The highest BCUT2D eigenvalue weighted by atomic mass is 16.2. The summed E-state index contributed by atoms with van der Waals surface area (Å²) in [6.45, 7) is 2.86. The molecule has 1 aliphatic carbocycles. The summed E-state index contributed by atoms with van der Waals surface area (Å²) in [5.74, 6) is 0.145. The van der Waals surface area contributed by atoms with Gasteiger partial charge in [-0.1, -0.05) is 25.1 Å². The first-order chi connectivity index (χ1) is 10.8. The van der Waals surface area contributed by atoms with E-state index in [2.05, 4.69) is 30.1 Å². The van der Waals surface area contributed by atoms with Crippen LogP contribution in [0, 0.1) is 0 Å². The van der Waals surface area contributed by atoms with E-state index in [-0.39, 0.29) is 11.9 Å². The lowest BCUT2D eigenvalue weighted by atomic mass is 9.95. The van der Waals surface area contributed by atoms with Crippen LogP contribution in [-0.4, -0.2) is 28.4 Å². The van der Waals surface area contributed by atoms with Crippen molar-refractivity contribution in [1.82, 2.24) is 9.88 Å². The van der Waals surface area contributed by atoms with Crippen molar-refractivity contribution in [2.24, 2.45) is 0 Å². The SMILES string of the molecule is CCC1C=CCN1C(=O)c1ccc2c3c([nH]c2c1)CCCC3. The molecular formula is C19H22N2O. The normalized spacial score (nSPS) is 20.6. The summed E-state index contributed by atoms with van der Waals surface area (Å²) in [6, 6.07) is 6.42. The van der Waals surface area contributed by atoms with Crippen LogP contribution in [0.25, 0.3) is 10.9 Å². The third-order valence-corrected chi connectivity index (χ3v) is 5.08. The molecule has 3 nitrogen and oxygen atoms in total. The van der Waals surface area contributed by atoms with Gasteiger partial charge in [-0.15, -0.1) is 0 Å². The smallest absolute Gasteiger partial charge is 0.254 e. The average Bonchev–Trinajstić information content (AvgIpc) is 3.17. The van der Waals surface area contributed by atoms with Gasteiger partial charge in [0.2, 0.25) is 0 Å². The van der Waals surface area contributed by atoms with Gasteiger partial charge in [-0.3, -0.25) is 4.79 Å². The van der Waals surface area contributed by atoms with Crippen LogP contribution in [0.5, 0.6) is 0 Å². The number of nitrogens with one attached hydrogen (secondary N) is 1. The van der Waals surface area contributed by atoms with Gasteiger partial charge in [0.25, 0.3) is 5.91 Å².